The summed E-state index contributed by atoms with van der Waals surface area (Å²) in [4.78, 5) is 18.9. The molecule has 160 valence electrons. The molecule has 1 unspecified atom stereocenters. The van der Waals surface area contributed by atoms with Crippen molar-refractivity contribution in [2.24, 2.45) is 0 Å². The summed E-state index contributed by atoms with van der Waals surface area (Å²) < 4.78 is 2.05. The van der Waals surface area contributed by atoms with E-state index in [1.165, 1.54) is 0 Å². The van der Waals surface area contributed by atoms with Gasteiger partial charge in [0.15, 0.2) is 0 Å². The van der Waals surface area contributed by atoms with E-state index in [1.54, 1.807) is 6.33 Å². The first-order valence-electron chi connectivity index (χ1n) is 9.87. The van der Waals surface area contributed by atoms with Gasteiger partial charge in [-0.2, -0.15) is 5.26 Å². The molecule has 0 spiro atoms. The molecular formula is C23H23Cl2N5O. The highest BCUT2D eigenvalue weighted by molar-refractivity contribution is 6.30. The number of carbonyl (C=O) groups excluding carboxylic acids is 1. The second kappa shape index (κ2) is 10.5. The Morgan fingerprint density at radius 2 is 1.97 bits per heavy atom. The molecule has 3 aromatic rings. The Kier molecular flexibility index (Phi) is 7.69. The van der Waals surface area contributed by atoms with Crippen molar-refractivity contribution in [3.63, 3.8) is 0 Å². The molecule has 0 bridgehead atoms. The third kappa shape index (κ3) is 5.65. The molecular weight excluding hydrogens is 433 g/mol. The molecule has 31 heavy (non-hydrogen) atoms. The molecule has 0 radical (unpaired) electrons. The summed E-state index contributed by atoms with van der Waals surface area (Å²) in [5.41, 5.74) is 3.80. The quantitative estimate of drug-likeness (QED) is 0.588. The van der Waals surface area contributed by atoms with Crippen molar-refractivity contribution < 1.29 is 4.79 Å². The largest absolute Gasteiger partial charge is 0.337 e. The molecule has 1 atom stereocenters. The maximum atomic E-state index is 12.8. The lowest BCUT2D eigenvalue weighted by Crippen LogP contribution is -2.38. The number of hydrogen-bond donors (Lipinski definition) is 1. The molecule has 1 N–H and O–H groups in total. The van der Waals surface area contributed by atoms with Crippen LogP contribution in [-0.4, -0.2) is 32.9 Å². The number of amides is 1. The van der Waals surface area contributed by atoms with Crippen molar-refractivity contribution in [3.05, 3.63) is 88.5 Å². The van der Waals surface area contributed by atoms with Gasteiger partial charge in [-0.05, 0) is 41.8 Å². The summed E-state index contributed by atoms with van der Waals surface area (Å²) in [5, 5.41) is 13.0. The molecule has 2 aromatic carbocycles. The van der Waals surface area contributed by atoms with Crippen molar-refractivity contribution >= 4 is 29.9 Å². The van der Waals surface area contributed by atoms with Crippen LogP contribution >= 0.6 is 24.0 Å². The van der Waals surface area contributed by atoms with E-state index in [4.69, 9.17) is 16.9 Å². The third-order valence-corrected chi connectivity index (χ3v) is 5.56. The van der Waals surface area contributed by atoms with Gasteiger partial charge in [-0.25, -0.2) is 4.98 Å². The first-order chi connectivity index (χ1) is 14.6. The Hall–Kier alpha value is -2.85. The number of rotatable bonds is 7. The van der Waals surface area contributed by atoms with Crippen LogP contribution in [0.4, 0.5) is 0 Å². The lowest BCUT2D eigenvalue weighted by Gasteiger charge is -2.18. The lowest BCUT2D eigenvalue weighted by molar-refractivity contribution is -0.129. The summed E-state index contributed by atoms with van der Waals surface area (Å²) >= 11 is 6.05. The van der Waals surface area contributed by atoms with Crippen molar-refractivity contribution in [3.8, 4) is 6.07 Å². The van der Waals surface area contributed by atoms with Gasteiger partial charge >= 0.3 is 0 Å². The van der Waals surface area contributed by atoms with Crippen LogP contribution in [0.25, 0.3) is 0 Å². The van der Waals surface area contributed by atoms with Gasteiger partial charge in [0, 0.05) is 37.4 Å². The topological polar surface area (TPSA) is 74.0 Å². The van der Waals surface area contributed by atoms with E-state index < -0.39 is 0 Å². The Labute approximate surface area is 192 Å². The fourth-order valence-corrected chi connectivity index (χ4v) is 3.90. The van der Waals surface area contributed by atoms with Gasteiger partial charge in [-0.1, -0.05) is 35.9 Å². The van der Waals surface area contributed by atoms with Crippen LogP contribution in [0.5, 0.6) is 0 Å². The average Bonchev–Trinajstić information content (AvgIpc) is 3.33. The van der Waals surface area contributed by atoms with Gasteiger partial charge in [-0.3, -0.25) is 4.79 Å². The second-order valence-corrected chi connectivity index (χ2v) is 7.87. The number of likely N-dealkylation sites (tertiary alicyclic amines) is 1. The molecule has 4 rings (SSSR count). The predicted molar refractivity (Wildman–Crippen MR) is 122 cm³/mol. The van der Waals surface area contributed by atoms with Gasteiger partial charge in [0.05, 0.1) is 29.7 Å². The standard InChI is InChI=1S/C23H22ClN5O.ClH/c24-20-3-1-2-19(10-20)15-28-9-8-22(23(28)30)27-13-21-12-26-16-29(21)14-18-6-4-17(11-25)5-7-18;/h1-7,10,12,16,22,27H,8-9,13-15H2;1H. The maximum Gasteiger partial charge on any atom is 0.240 e. The molecule has 1 fully saturated rings. The fraction of sp³-hybridized carbons (Fsp3) is 0.261. The Morgan fingerprint density at radius 3 is 2.71 bits per heavy atom. The monoisotopic (exact) mass is 455 g/mol. The Balaban J connectivity index is 0.00000272. The number of aromatic nitrogens is 2. The Bertz CT molecular complexity index is 1070. The number of benzene rings is 2. The number of hydrogen-bond acceptors (Lipinski definition) is 4. The minimum atomic E-state index is -0.192. The Morgan fingerprint density at radius 1 is 1.16 bits per heavy atom. The van der Waals surface area contributed by atoms with Crippen LogP contribution in [0, 0.1) is 11.3 Å². The minimum absolute atomic E-state index is 0. The molecule has 0 aliphatic carbocycles. The molecule has 6 nitrogen and oxygen atoms in total. The zero-order valence-corrected chi connectivity index (χ0v) is 18.4. The van der Waals surface area contributed by atoms with Crippen molar-refractivity contribution in [1.29, 1.82) is 5.26 Å². The van der Waals surface area contributed by atoms with E-state index >= 15 is 0 Å². The van der Waals surface area contributed by atoms with Crippen LogP contribution in [0.1, 0.15) is 28.8 Å². The van der Waals surface area contributed by atoms with Gasteiger partial charge in [0.2, 0.25) is 5.91 Å². The smallest absolute Gasteiger partial charge is 0.240 e. The van der Waals surface area contributed by atoms with Gasteiger partial charge in [0.1, 0.15) is 0 Å². The molecule has 1 aliphatic heterocycles. The zero-order chi connectivity index (χ0) is 20.9. The van der Waals surface area contributed by atoms with Crippen molar-refractivity contribution in [2.45, 2.75) is 32.1 Å². The molecule has 8 heteroatoms. The molecule has 1 saturated heterocycles. The molecule has 2 heterocycles. The van der Waals surface area contributed by atoms with E-state index in [-0.39, 0.29) is 24.4 Å². The number of nitriles is 1. The maximum absolute atomic E-state index is 12.8. The molecule has 0 saturated carbocycles. The minimum Gasteiger partial charge on any atom is -0.337 e. The highest BCUT2D eigenvalue weighted by atomic mass is 35.5. The summed E-state index contributed by atoms with van der Waals surface area (Å²) in [7, 11) is 0. The van der Waals surface area contributed by atoms with Crippen LogP contribution in [-0.2, 0) is 24.4 Å². The number of imidazole rings is 1. The van der Waals surface area contributed by atoms with E-state index in [0.717, 1.165) is 29.8 Å². The summed E-state index contributed by atoms with van der Waals surface area (Å²) in [6, 6.07) is 17.1. The summed E-state index contributed by atoms with van der Waals surface area (Å²) in [5.74, 6) is 0.119. The SMILES string of the molecule is Cl.N#Cc1ccc(Cn2cncc2CNC2CCN(Cc3cccc(Cl)c3)C2=O)cc1. The summed E-state index contributed by atoms with van der Waals surface area (Å²) in [6.45, 7) is 2.54. The van der Waals surface area contributed by atoms with E-state index in [0.29, 0.717) is 30.2 Å². The summed E-state index contributed by atoms with van der Waals surface area (Å²) in [6.07, 6.45) is 4.39. The van der Waals surface area contributed by atoms with Gasteiger partial charge in [0.25, 0.3) is 0 Å². The van der Waals surface area contributed by atoms with Crippen LogP contribution in [0.15, 0.2) is 61.1 Å². The van der Waals surface area contributed by atoms with E-state index in [9.17, 15) is 4.79 Å². The molecule has 1 aliphatic rings. The van der Waals surface area contributed by atoms with E-state index in [2.05, 4.69) is 20.9 Å². The first-order valence-corrected chi connectivity index (χ1v) is 10.2. The van der Waals surface area contributed by atoms with Crippen molar-refractivity contribution in [2.75, 3.05) is 6.54 Å². The molecule has 1 amide bonds. The lowest BCUT2D eigenvalue weighted by atomic mass is 10.1. The normalized spacial score (nSPS) is 15.5. The average molecular weight is 456 g/mol. The highest BCUT2D eigenvalue weighted by Crippen LogP contribution is 2.18. The second-order valence-electron chi connectivity index (χ2n) is 7.43. The fourth-order valence-electron chi connectivity index (χ4n) is 3.69. The first kappa shape index (κ1) is 22.8. The predicted octanol–water partition coefficient (Wildman–Crippen LogP) is 3.77. The van der Waals surface area contributed by atoms with Crippen LogP contribution in [0.2, 0.25) is 5.02 Å². The van der Waals surface area contributed by atoms with Gasteiger partial charge < -0.3 is 14.8 Å². The third-order valence-electron chi connectivity index (χ3n) is 5.32. The number of halogens is 2. The van der Waals surface area contributed by atoms with E-state index in [1.807, 2.05) is 59.6 Å². The van der Waals surface area contributed by atoms with Crippen LogP contribution < -0.4 is 5.32 Å². The van der Waals surface area contributed by atoms with Crippen molar-refractivity contribution in [1.82, 2.24) is 19.8 Å². The number of nitrogens with zero attached hydrogens (tertiary/aromatic N) is 4. The number of carbonyl (C=O) groups is 1. The number of nitrogens with one attached hydrogen (secondary N) is 1. The van der Waals surface area contributed by atoms with Gasteiger partial charge in [-0.15, -0.1) is 12.4 Å². The van der Waals surface area contributed by atoms with Crippen LogP contribution in [0.3, 0.4) is 0 Å². The molecule has 1 aromatic heterocycles. The zero-order valence-electron chi connectivity index (χ0n) is 16.9. The highest BCUT2D eigenvalue weighted by Gasteiger charge is 2.31.